The van der Waals surface area contributed by atoms with Crippen LogP contribution in [0.3, 0.4) is 0 Å². The molecule has 7 heteroatoms. The molecule has 0 spiro atoms. The lowest BCUT2D eigenvalue weighted by Gasteiger charge is -2.09. The van der Waals surface area contributed by atoms with Gasteiger partial charge in [0.15, 0.2) is 11.0 Å². The minimum Gasteiger partial charge on any atom is -0.466 e. The third-order valence-corrected chi connectivity index (χ3v) is 5.62. The first kappa shape index (κ1) is 18.7. The van der Waals surface area contributed by atoms with E-state index < -0.39 is 0 Å². The lowest BCUT2D eigenvalue weighted by atomic mass is 10.2. The smallest absolute Gasteiger partial charge is 0.305 e. The van der Waals surface area contributed by atoms with Gasteiger partial charge in [-0.2, -0.15) is 0 Å². The number of ether oxygens (including phenoxy) is 1. The highest BCUT2D eigenvalue weighted by atomic mass is 32.2. The molecule has 3 rings (SSSR count). The third kappa shape index (κ3) is 4.95. The van der Waals surface area contributed by atoms with Crippen molar-refractivity contribution in [1.29, 1.82) is 0 Å². The quantitative estimate of drug-likeness (QED) is 0.308. The molecule has 0 aliphatic carbocycles. The van der Waals surface area contributed by atoms with Gasteiger partial charge in [0.1, 0.15) is 0 Å². The zero-order valence-electron chi connectivity index (χ0n) is 14.6. The summed E-state index contributed by atoms with van der Waals surface area (Å²) in [5.74, 6) is 1.55. The number of esters is 1. The molecule has 0 aliphatic heterocycles. The summed E-state index contributed by atoms with van der Waals surface area (Å²) >= 11 is 3.29. The molecule has 2 heterocycles. The highest BCUT2D eigenvalue weighted by Gasteiger charge is 2.15. The lowest BCUT2D eigenvalue weighted by Crippen LogP contribution is -2.05. The third-order valence-electron chi connectivity index (χ3n) is 3.70. The Kier molecular flexibility index (Phi) is 6.85. The van der Waals surface area contributed by atoms with Gasteiger partial charge in [-0.15, -0.1) is 21.5 Å². The Hall–Kier alpha value is -2.12. The summed E-state index contributed by atoms with van der Waals surface area (Å²) in [6.07, 6.45) is 1.20. The molecule has 0 unspecified atom stereocenters. The molecule has 0 aliphatic rings. The van der Waals surface area contributed by atoms with Crippen molar-refractivity contribution in [1.82, 2.24) is 14.8 Å². The summed E-state index contributed by atoms with van der Waals surface area (Å²) in [6, 6.07) is 14.4. The summed E-state index contributed by atoms with van der Waals surface area (Å²) in [5, 5.41) is 11.7. The summed E-state index contributed by atoms with van der Waals surface area (Å²) in [5.41, 5.74) is 1.21. The van der Waals surface area contributed by atoms with Crippen molar-refractivity contribution >= 4 is 29.1 Å². The second-order valence-electron chi connectivity index (χ2n) is 5.61. The SMILES string of the molecule is CCOC(=O)CCCSc1nnc(-c2cccs2)n1Cc1ccccc1. The Balaban J connectivity index is 1.71. The van der Waals surface area contributed by atoms with Crippen molar-refractivity contribution in [2.24, 2.45) is 0 Å². The molecule has 0 saturated heterocycles. The fraction of sp³-hybridized carbons (Fsp3) is 0.316. The second kappa shape index (κ2) is 9.54. The number of rotatable bonds is 9. The molecule has 0 N–H and O–H groups in total. The highest BCUT2D eigenvalue weighted by molar-refractivity contribution is 7.99. The molecule has 0 amide bonds. The maximum absolute atomic E-state index is 11.5. The number of carbonyl (C=O) groups is 1. The van der Waals surface area contributed by atoms with Crippen molar-refractivity contribution in [2.45, 2.75) is 31.5 Å². The van der Waals surface area contributed by atoms with E-state index in [0.717, 1.165) is 34.6 Å². The van der Waals surface area contributed by atoms with E-state index in [-0.39, 0.29) is 5.97 Å². The predicted molar refractivity (Wildman–Crippen MR) is 105 cm³/mol. The van der Waals surface area contributed by atoms with E-state index in [1.165, 1.54) is 5.56 Å². The number of carbonyl (C=O) groups excluding carboxylic acids is 1. The van der Waals surface area contributed by atoms with Gasteiger partial charge >= 0.3 is 5.97 Å². The van der Waals surface area contributed by atoms with Gasteiger partial charge in [0, 0.05) is 12.2 Å². The van der Waals surface area contributed by atoms with E-state index in [0.29, 0.717) is 13.0 Å². The molecule has 136 valence electrons. The van der Waals surface area contributed by atoms with Crippen molar-refractivity contribution in [3.8, 4) is 10.7 Å². The van der Waals surface area contributed by atoms with Crippen molar-refractivity contribution in [3.05, 3.63) is 53.4 Å². The molecule has 1 aromatic carbocycles. The highest BCUT2D eigenvalue weighted by Crippen LogP contribution is 2.28. The second-order valence-corrected chi connectivity index (χ2v) is 7.62. The summed E-state index contributed by atoms with van der Waals surface area (Å²) in [6.45, 7) is 2.98. The molecule has 0 radical (unpaired) electrons. The molecule has 26 heavy (non-hydrogen) atoms. The monoisotopic (exact) mass is 387 g/mol. The van der Waals surface area contributed by atoms with E-state index in [2.05, 4.69) is 33.0 Å². The minimum atomic E-state index is -0.141. The molecule has 0 atom stereocenters. The van der Waals surface area contributed by atoms with Gasteiger partial charge < -0.3 is 4.74 Å². The number of aromatic nitrogens is 3. The van der Waals surface area contributed by atoms with Crippen molar-refractivity contribution in [2.75, 3.05) is 12.4 Å². The van der Waals surface area contributed by atoms with Gasteiger partial charge in [0.05, 0.1) is 18.0 Å². The Morgan fingerprint density at radius 2 is 2.04 bits per heavy atom. The molecule has 5 nitrogen and oxygen atoms in total. The number of nitrogens with zero attached hydrogens (tertiary/aromatic N) is 3. The molecule has 0 bridgehead atoms. The van der Waals surface area contributed by atoms with Gasteiger partial charge in [0.2, 0.25) is 0 Å². The van der Waals surface area contributed by atoms with Gasteiger partial charge in [-0.3, -0.25) is 9.36 Å². The molecule has 3 aromatic rings. The number of hydrogen-bond donors (Lipinski definition) is 0. The van der Waals surface area contributed by atoms with Crippen LogP contribution < -0.4 is 0 Å². The zero-order valence-corrected chi connectivity index (χ0v) is 16.3. The normalized spacial score (nSPS) is 10.8. The molecular formula is C19H21N3O2S2. The average Bonchev–Trinajstić information content (AvgIpc) is 3.30. The van der Waals surface area contributed by atoms with Crippen LogP contribution in [0.2, 0.25) is 0 Å². The Bertz CT molecular complexity index is 817. The molecule has 2 aromatic heterocycles. The number of thiophene rings is 1. The first-order chi connectivity index (χ1) is 12.8. The fourth-order valence-electron chi connectivity index (χ4n) is 2.51. The standard InChI is InChI=1S/C19H21N3O2S2/c1-2-24-17(23)11-7-13-26-19-21-20-18(16-10-6-12-25-16)22(19)14-15-8-4-3-5-9-15/h3-6,8-10,12H,2,7,11,13-14H2,1H3. The van der Waals surface area contributed by atoms with E-state index in [1.807, 2.05) is 36.6 Å². The molecular weight excluding hydrogens is 366 g/mol. The Labute approximate surface area is 161 Å². The first-order valence-electron chi connectivity index (χ1n) is 8.57. The van der Waals surface area contributed by atoms with Gasteiger partial charge in [-0.05, 0) is 30.4 Å². The topological polar surface area (TPSA) is 57.0 Å². The van der Waals surface area contributed by atoms with Gasteiger partial charge in [-0.25, -0.2) is 0 Å². The van der Waals surface area contributed by atoms with Crippen LogP contribution >= 0.6 is 23.1 Å². The molecule has 0 saturated carbocycles. The summed E-state index contributed by atoms with van der Waals surface area (Å²) < 4.78 is 7.12. The zero-order chi connectivity index (χ0) is 18.2. The Morgan fingerprint density at radius 1 is 1.19 bits per heavy atom. The van der Waals surface area contributed by atoms with Crippen LogP contribution in [0.15, 0.2) is 53.0 Å². The first-order valence-corrected chi connectivity index (χ1v) is 10.4. The van der Waals surface area contributed by atoms with E-state index in [4.69, 9.17) is 4.74 Å². The van der Waals surface area contributed by atoms with Crippen molar-refractivity contribution in [3.63, 3.8) is 0 Å². The number of hydrogen-bond acceptors (Lipinski definition) is 6. The average molecular weight is 388 g/mol. The van der Waals surface area contributed by atoms with Crippen LogP contribution in [0.5, 0.6) is 0 Å². The summed E-state index contributed by atoms with van der Waals surface area (Å²) in [7, 11) is 0. The van der Waals surface area contributed by atoms with E-state index in [9.17, 15) is 4.79 Å². The fourth-order valence-corrected chi connectivity index (χ4v) is 4.10. The molecule has 0 fully saturated rings. The van der Waals surface area contributed by atoms with Crippen molar-refractivity contribution < 1.29 is 9.53 Å². The van der Waals surface area contributed by atoms with Crippen LogP contribution in [0.25, 0.3) is 10.7 Å². The number of benzene rings is 1. The van der Waals surface area contributed by atoms with Crippen LogP contribution in [0.1, 0.15) is 25.3 Å². The largest absolute Gasteiger partial charge is 0.466 e. The predicted octanol–water partition coefficient (Wildman–Crippen LogP) is 4.49. The lowest BCUT2D eigenvalue weighted by molar-refractivity contribution is -0.143. The minimum absolute atomic E-state index is 0.141. The van der Waals surface area contributed by atoms with Gasteiger partial charge in [0.25, 0.3) is 0 Å². The maximum Gasteiger partial charge on any atom is 0.305 e. The summed E-state index contributed by atoms with van der Waals surface area (Å²) in [4.78, 5) is 12.6. The number of thioether (sulfide) groups is 1. The van der Waals surface area contributed by atoms with Crippen LogP contribution in [-0.4, -0.2) is 33.1 Å². The van der Waals surface area contributed by atoms with Gasteiger partial charge in [-0.1, -0.05) is 48.2 Å². The van der Waals surface area contributed by atoms with Crippen LogP contribution in [0.4, 0.5) is 0 Å². The van der Waals surface area contributed by atoms with E-state index >= 15 is 0 Å². The maximum atomic E-state index is 11.5. The van der Waals surface area contributed by atoms with E-state index in [1.54, 1.807) is 23.1 Å². The van der Waals surface area contributed by atoms with Crippen LogP contribution in [0, 0.1) is 0 Å². The Morgan fingerprint density at radius 3 is 2.77 bits per heavy atom. The van der Waals surface area contributed by atoms with Crippen LogP contribution in [-0.2, 0) is 16.1 Å².